The molecular weight excluding hydrogens is 136 g/mol. The summed E-state index contributed by atoms with van der Waals surface area (Å²) < 4.78 is 0. The van der Waals surface area contributed by atoms with Crippen molar-refractivity contribution >= 4 is 0 Å². The quantitative estimate of drug-likeness (QED) is 0.593. The van der Waals surface area contributed by atoms with Crippen molar-refractivity contribution in [2.45, 2.75) is 25.9 Å². The van der Waals surface area contributed by atoms with Gasteiger partial charge in [-0.2, -0.15) is 0 Å². The number of hydrogen-bond acceptors (Lipinski definition) is 2. The number of hydrogen-bond donors (Lipinski definition) is 1. The lowest BCUT2D eigenvalue weighted by molar-refractivity contribution is 0.149. The molecule has 0 amide bonds. The van der Waals surface area contributed by atoms with Gasteiger partial charge in [-0.3, -0.25) is 4.90 Å². The smallest absolute Gasteiger partial charge is 0.0251 e. The summed E-state index contributed by atoms with van der Waals surface area (Å²) in [6.07, 6.45) is 2.02. The van der Waals surface area contributed by atoms with Crippen LogP contribution in [0.25, 0.3) is 0 Å². The predicted molar refractivity (Wildman–Crippen MR) is 48.7 cm³/mol. The fourth-order valence-electron chi connectivity index (χ4n) is 1.60. The number of nitrogens with one attached hydrogen (secondary N) is 1. The third kappa shape index (κ3) is 2.04. The fourth-order valence-corrected chi connectivity index (χ4v) is 1.60. The third-order valence-corrected chi connectivity index (χ3v) is 2.42. The summed E-state index contributed by atoms with van der Waals surface area (Å²) in [7, 11) is 0. The minimum Gasteiger partial charge on any atom is -0.314 e. The van der Waals surface area contributed by atoms with Gasteiger partial charge in [0, 0.05) is 31.7 Å². The monoisotopic (exact) mass is 154 g/mol. The first kappa shape index (κ1) is 8.75. The molecule has 64 valence electrons. The van der Waals surface area contributed by atoms with Gasteiger partial charge >= 0.3 is 0 Å². The van der Waals surface area contributed by atoms with Crippen LogP contribution in [0.3, 0.4) is 0 Å². The summed E-state index contributed by atoms with van der Waals surface area (Å²) in [4.78, 5) is 2.48. The molecule has 1 fully saturated rings. The van der Waals surface area contributed by atoms with Crippen LogP contribution in [0, 0.1) is 0 Å². The molecule has 2 heteroatoms. The lowest BCUT2D eigenvalue weighted by Crippen LogP contribution is -2.52. The SMILES string of the molecule is C=CC(C)N1CCNCC1C. The zero-order valence-electron chi connectivity index (χ0n) is 7.51. The predicted octanol–water partition coefficient (Wildman–Crippen LogP) is 0.855. The van der Waals surface area contributed by atoms with E-state index in [1.54, 1.807) is 0 Å². The van der Waals surface area contributed by atoms with E-state index in [-0.39, 0.29) is 0 Å². The van der Waals surface area contributed by atoms with Crippen LogP contribution < -0.4 is 5.32 Å². The molecule has 0 aromatic rings. The van der Waals surface area contributed by atoms with E-state index in [1.165, 1.54) is 0 Å². The van der Waals surface area contributed by atoms with Crippen LogP contribution in [0.1, 0.15) is 13.8 Å². The van der Waals surface area contributed by atoms with E-state index in [4.69, 9.17) is 0 Å². The molecule has 1 aliphatic heterocycles. The van der Waals surface area contributed by atoms with Crippen LogP contribution in [0.5, 0.6) is 0 Å². The van der Waals surface area contributed by atoms with Gasteiger partial charge in [-0.05, 0) is 13.8 Å². The Morgan fingerprint density at radius 2 is 2.45 bits per heavy atom. The minimum atomic E-state index is 0.520. The normalized spacial score (nSPS) is 29.8. The van der Waals surface area contributed by atoms with Crippen molar-refractivity contribution in [1.29, 1.82) is 0 Å². The second-order valence-electron chi connectivity index (χ2n) is 3.27. The first-order valence-electron chi connectivity index (χ1n) is 4.34. The number of nitrogens with zero attached hydrogens (tertiary/aromatic N) is 1. The molecule has 0 spiro atoms. The lowest BCUT2D eigenvalue weighted by Gasteiger charge is -2.37. The molecule has 0 bridgehead atoms. The molecule has 1 saturated heterocycles. The van der Waals surface area contributed by atoms with Gasteiger partial charge in [0.2, 0.25) is 0 Å². The molecule has 0 aromatic heterocycles. The Morgan fingerprint density at radius 3 is 3.00 bits per heavy atom. The largest absolute Gasteiger partial charge is 0.314 e. The maximum atomic E-state index is 3.81. The molecule has 0 radical (unpaired) electrons. The van der Waals surface area contributed by atoms with Gasteiger partial charge < -0.3 is 5.32 Å². The summed E-state index contributed by atoms with van der Waals surface area (Å²) in [6, 6.07) is 1.17. The van der Waals surface area contributed by atoms with Crippen molar-refractivity contribution in [3.8, 4) is 0 Å². The second-order valence-corrected chi connectivity index (χ2v) is 3.27. The van der Waals surface area contributed by atoms with Crippen molar-refractivity contribution in [3.63, 3.8) is 0 Å². The highest BCUT2D eigenvalue weighted by Crippen LogP contribution is 2.07. The van der Waals surface area contributed by atoms with E-state index in [0.717, 1.165) is 19.6 Å². The van der Waals surface area contributed by atoms with Crippen LogP contribution >= 0.6 is 0 Å². The van der Waals surface area contributed by atoms with Gasteiger partial charge in [0.05, 0.1) is 0 Å². The van der Waals surface area contributed by atoms with Crippen molar-refractivity contribution < 1.29 is 0 Å². The van der Waals surface area contributed by atoms with E-state index >= 15 is 0 Å². The number of piperazine rings is 1. The fraction of sp³-hybridized carbons (Fsp3) is 0.778. The minimum absolute atomic E-state index is 0.520. The highest BCUT2D eigenvalue weighted by Gasteiger charge is 2.20. The average Bonchev–Trinajstić information content (AvgIpc) is 2.04. The Balaban J connectivity index is 2.46. The lowest BCUT2D eigenvalue weighted by atomic mass is 10.1. The topological polar surface area (TPSA) is 15.3 Å². The summed E-state index contributed by atoms with van der Waals surface area (Å²) in [5.74, 6) is 0. The molecular formula is C9H18N2. The van der Waals surface area contributed by atoms with E-state index in [1.807, 2.05) is 6.08 Å². The van der Waals surface area contributed by atoms with Crippen molar-refractivity contribution in [2.24, 2.45) is 0 Å². The Kier molecular flexibility index (Phi) is 3.09. The molecule has 0 aromatic carbocycles. The Labute approximate surface area is 69.3 Å². The first-order chi connectivity index (χ1) is 5.25. The summed E-state index contributed by atoms with van der Waals surface area (Å²) >= 11 is 0. The molecule has 0 saturated carbocycles. The highest BCUT2D eigenvalue weighted by atomic mass is 15.2. The summed E-state index contributed by atoms with van der Waals surface area (Å²) in [5.41, 5.74) is 0. The van der Waals surface area contributed by atoms with Crippen LogP contribution in [0.4, 0.5) is 0 Å². The second kappa shape index (κ2) is 3.88. The van der Waals surface area contributed by atoms with Crippen molar-refractivity contribution in [2.75, 3.05) is 19.6 Å². The molecule has 1 heterocycles. The first-order valence-corrected chi connectivity index (χ1v) is 4.34. The van der Waals surface area contributed by atoms with Crippen LogP contribution in [0.15, 0.2) is 12.7 Å². The molecule has 2 nitrogen and oxygen atoms in total. The molecule has 1 rings (SSSR count). The zero-order valence-corrected chi connectivity index (χ0v) is 7.51. The van der Waals surface area contributed by atoms with E-state index in [2.05, 4.69) is 30.6 Å². The van der Waals surface area contributed by atoms with Crippen LogP contribution in [0.2, 0.25) is 0 Å². The van der Waals surface area contributed by atoms with Crippen molar-refractivity contribution in [1.82, 2.24) is 10.2 Å². The Bertz CT molecular complexity index is 134. The molecule has 2 atom stereocenters. The van der Waals surface area contributed by atoms with E-state index in [9.17, 15) is 0 Å². The Hall–Kier alpha value is -0.340. The van der Waals surface area contributed by atoms with Gasteiger partial charge in [0.15, 0.2) is 0 Å². The maximum Gasteiger partial charge on any atom is 0.0251 e. The zero-order chi connectivity index (χ0) is 8.27. The van der Waals surface area contributed by atoms with E-state index < -0.39 is 0 Å². The maximum absolute atomic E-state index is 3.81. The highest BCUT2D eigenvalue weighted by molar-refractivity contribution is 4.89. The van der Waals surface area contributed by atoms with Crippen molar-refractivity contribution in [3.05, 3.63) is 12.7 Å². The summed E-state index contributed by atoms with van der Waals surface area (Å²) in [5, 5.41) is 3.37. The van der Waals surface area contributed by atoms with Gasteiger partial charge in [-0.1, -0.05) is 6.08 Å². The number of rotatable bonds is 2. The average molecular weight is 154 g/mol. The molecule has 2 unspecified atom stereocenters. The van der Waals surface area contributed by atoms with Gasteiger partial charge in [-0.25, -0.2) is 0 Å². The molecule has 1 aliphatic rings. The summed E-state index contributed by atoms with van der Waals surface area (Å²) in [6.45, 7) is 11.6. The molecule has 1 N–H and O–H groups in total. The van der Waals surface area contributed by atoms with Gasteiger partial charge in [0.1, 0.15) is 0 Å². The van der Waals surface area contributed by atoms with E-state index in [0.29, 0.717) is 12.1 Å². The van der Waals surface area contributed by atoms with Gasteiger partial charge in [-0.15, -0.1) is 6.58 Å². The Morgan fingerprint density at radius 1 is 1.73 bits per heavy atom. The van der Waals surface area contributed by atoms with Crippen LogP contribution in [-0.2, 0) is 0 Å². The molecule has 11 heavy (non-hydrogen) atoms. The van der Waals surface area contributed by atoms with Crippen LogP contribution in [-0.4, -0.2) is 36.6 Å². The third-order valence-electron chi connectivity index (χ3n) is 2.42. The van der Waals surface area contributed by atoms with Gasteiger partial charge in [0.25, 0.3) is 0 Å². The molecule has 0 aliphatic carbocycles. The standard InChI is InChI=1S/C9H18N2/c1-4-8(2)11-6-5-10-7-9(11)3/h4,8-10H,1,5-7H2,2-3H3.